The Kier molecular flexibility index (Phi) is 3.09. The molecule has 0 unspecified atom stereocenters. The van der Waals surface area contributed by atoms with E-state index in [9.17, 15) is 4.79 Å². The zero-order valence-corrected chi connectivity index (χ0v) is 11.5. The third kappa shape index (κ3) is 2.39. The summed E-state index contributed by atoms with van der Waals surface area (Å²) in [6, 6.07) is 16.6. The van der Waals surface area contributed by atoms with Gasteiger partial charge < -0.3 is 9.73 Å². The number of furan rings is 1. The van der Waals surface area contributed by atoms with Gasteiger partial charge in [0.05, 0.1) is 0 Å². The number of nitrogens with one attached hydrogen (secondary N) is 1. The van der Waals surface area contributed by atoms with Gasteiger partial charge in [0.1, 0.15) is 5.58 Å². The van der Waals surface area contributed by atoms with E-state index in [1.165, 1.54) is 0 Å². The van der Waals surface area contributed by atoms with Gasteiger partial charge in [-0.25, -0.2) is 0 Å². The van der Waals surface area contributed by atoms with Crippen molar-refractivity contribution in [2.75, 3.05) is 5.32 Å². The molecule has 0 atom stereocenters. The highest BCUT2D eigenvalue weighted by Crippen LogP contribution is 2.27. The highest BCUT2D eigenvalue weighted by Gasteiger charge is 2.13. The molecule has 1 N–H and O–H groups in total. The van der Waals surface area contributed by atoms with Gasteiger partial charge in [-0.15, -0.1) is 0 Å². The summed E-state index contributed by atoms with van der Waals surface area (Å²) >= 11 is 3.43. The maximum Gasteiger partial charge on any atom is 0.291 e. The maximum absolute atomic E-state index is 12.1. The van der Waals surface area contributed by atoms with Crippen LogP contribution in [0.3, 0.4) is 0 Å². The molecule has 0 fully saturated rings. The molecule has 19 heavy (non-hydrogen) atoms. The van der Waals surface area contributed by atoms with Crippen molar-refractivity contribution in [1.29, 1.82) is 0 Å². The normalized spacial score (nSPS) is 10.6. The van der Waals surface area contributed by atoms with Gasteiger partial charge in [-0.3, -0.25) is 4.79 Å². The molecule has 1 aromatic heterocycles. The summed E-state index contributed by atoms with van der Waals surface area (Å²) in [5.74, 6) is 0.0417. The highest BCUT2D eigenvalue weighted by atomic mass is 79.9. The number of carbonyl (C=O) groups is 1. The number of halogens is 1. The largest absolute Gasteiger partial charge is 0.451 e. The Labute approximate surface area is 118 Å². The summed E-state index contributed by atoms with van der Waals surface area (Å²) in [4.78, 5) is 12.1. The third-order valence-electron chi connectivity index (χ3n) is 2.76. The lowest BCUT2D eigenvalue weighted by Gasteiger charge is -2.01. The molecule has 0 saturated carbocycles. The topological polar surface area (TPSA) is 42.2 Å². The molecular weight excluding hydrogens is 306 g/mol. The van der Waals surface area contributed by atoms with Gasteiger partial charge in [0.2, 0.25) is 0 Å². The fraction of sp³-hybridized carbons (Fsp3) is 0. The Bertz CT molecular complexity index is 734. The van der Waals surface area contributed by atoms with E-state index >= 15 is 0 Å². The summed E-state index contributed by atoms with van der Waals surface area (Å²) in [6.45, 7) is 0. The van der Waals surface area contributed by atoms with E-state index in [4.69, 9.17) is 4.42 Å². The van der Waals surface area contributed by atoms with Crippen LogP contribution in [0.15, 0.2) is 63.5 Å². The van der Waals surface area contributed by atoms with Crippen molar-refractivity contribution >= 4 is 38.5 Å². The summed E-state index contributed by atoms with van der Waals surface area (Å²) < 4.78 is 6.45. The van der Waals surface area contributed by atoms with Crippen LogP contribution in [-0.4, -0.2) is 5.91 Å². The first-order chi connectivity index (χ1) is 9.24. The van der Waals surface area contributed by atoms with E-state index in [0.717, 1.165) is 15.5 Å². The first kappa shape index (κ1) is 12.0. The van der Waals surface area contributed by atoms with Crippen molar-refractivity contribution in [1.82, 2.24) is 0 Å². The molecule has 1 heterocycles. The van der Waals surface area contributed by atoms with Crippen LogP contribution in [0.5, 0.6) is 0 Å². The Morgan fingerprint density at radius 1 is 1.05 bits per heavy atom. The van der Waals surface area contributed by atoms with Crippen molar-refractivity contribution in [3.05, 3.63) is 64.8 Å². The average Bonchev–Trinajstić information content (AvgIpc) is 2.85. The number of para-hydroxylation sites is 1. The molecule has 2 aromatic carbocycles. The van der Waals surface area contributed by atoms with Crippen LogP contribution in [0.2, 0.25) is 0 Å². The Morgan fingerprint density at radius 3 is 2.58 bits per heavy atom. The van der Waals surface area contributed by atoms with E-state index in [1.807, 2.05) is 48.5 Å². The fourth-order valence-electron chi connectivity index (χ4n) is 1.85. The molecular formula is C15H10BrNO2. The van der Waals surface area contributed by atoms with Crippen molar-refractivity contribution in [2.45, 2.75) is 0 Å². The molecule has 0 saturated heterocycles. The lowest BCUT2D eigenvalue weighted by molar-refractivity contribution is 0.0998. The number of fused-ring (bicyclic) bond motifs is 1. The number of rotatable bonds is 2. The molecule has 0 radical (unpaired) electrons. The predicted molar refractivity (Wildman–Crippen MR) is 78.3 cm³/mol. The standard InChI is InChI=1S/C15H10BrNO2/c16-12-7-4-8-13-11(12)9-14(19-13)15(18)17-10-5-2-1-3-6-10/h1-9H,(H,17,18). The van der Waals surface area contributed by atoms with Crippen LogP contribution >= 0.6 is 15.9 Å². The summed E-state index contributed by atoms with van der Waals surface area (Å²) in [5.41, 5.74) is 1.43. The van der Waals surface area contributed by atoms with E-state index in [-0.39, 0.29) is 5.91 Å². The summed E-state index contributed by atoms with van der Waals surface area (Å²) in [7, 11) is 0. The first-order valence-electron chi connectivity index (χ1n) is 5.78. The molecule has 0 spiro atoms. The molecule has 0 aliphatic carbocycles. The summed E-state index contributed by atoms with van der Waals surface area (Å²) in [5, 5.41) is 3.68. The molecule has 3 nitrogen and oxygen atoms in total. The molecule has 94 valence electrons. The lowest BCUT2D eigenvalue weighted by Crippen LogP contribution is -2.10. The SMILES string of the molecule is O=C(Nc1ccccc1)c1cc2c(Br)cccc2o1. The Balaban J connectivity index is 1.92. The number of anilines is 1. The molecule has 0 aliphatic heterocycles. The van der Waals surface area contributed by atoms with Gasteiger partial charge in [0.15, 0.2) is 5.76 Å². The number of carbonyl (C=O) groups excluding carboxylic acids is 1. The van der Waals surface area contributed by atoms with Crippen LogP contribution < -0.4 is 5.32 Å². The quantitative estimate of drug-likeness (QED) is 0.759. The molecule has 4 heteroatoms. The second-order valence-corrected chi connectivity index (χ2v) is 4.94. The minimum absolute atomic E-state index is 0.255. The van der Waals surface area contributed by atoms with Gasteiger partial charge in [0, 0.05) is 15.5 Å². The van der Waals surface area contributed by atoms with Crippen molar-refractivity contribution in [2.24, 2.45) is 0 Å². The molecule has 1 amide bonds. The predicted octanol–water partition coefficient (Wildman–Crippen LogP) is 4.45. The molecule has 3 aromatic rings. The second-order valence-electron chi connectivity index (χ2n) is 4.08. The lowest BCUT2D eigenvalue weighted by atomic mass is 10.2. The van der Waals surface area contributed by atoms with Gasteiger partial charge in [0.25, 0.3) is 5.91 Å². The van der Waals surface area contributed by atoms with Crippen LogP contribution in [0.4, 0.5) is 5.69 Å². The highest BCUT2D eigenvalue weighted by molar-refractivity contribution is 9.10. The summed E-state index contributed by atoms with van der Waals surface area (Å²) in [6.07, 6.45) is 0. The van der Waals surface area contributed by atoms with Gasteiger partial charge >= 0.3 is 0 Å². The number of amides is 1. The molecule has 0 aliphatic rings. The zero-order valence-electron chi connectivity index (χ0n) is 9.89. The van der Waals surface area contributed by atoms with E-state index in [0.29, 0.717) is 11.3 Å². The molecule has 3 rings (SSSR count). The van der Waals surface area contributed by atoms with Crippen molar-refractivity contribution in [3.8, 4) is 0 Å². The smallest absolute Gasteiger partial charge is 0.291 e. The number of hydrogen-bond donors (Lipinski definition) is 1. The van der Waals surface area contributed by atoms with E-state index < -0.39 is 0 Å². The molecule has 0 bridgehead atoms. The van der Waals surface area contributed by atoms with Crippen LogP contribution in [0, 0.1) is 0 Å². The van der Waals surface area contributed by atoms with E-state index in [1.54, 1.807) is 6.07 Å². The van der Waals surface area contributed by atoms with Gasteiger partial charge in [-0.2, -0.15) is 0 Å². The first-order valence-corrected chi connectivity index (χ1v) is 6.58. The van der Waals surface area contributed by atoms with Crippen molar-refractivity contribution in [3.63, 3.8) is 0 Å². The third-order valence-corrected chi connectivity index (χ3v) is 3.46. The number of hydrogen-bond acceptors (Lipinski definition) is 2. The van der Waals surface area contributed by atoms with Crippen LogP contribution in [0.25, 0.3) is 11.0 Å². The number of benzene rings is 2. The fourth-order valence-corrected chi connectivity index (χ4v) is 2.31. The van der Waals surface area contributed by atoms with Crippen molar-refractivity contribution < 1.29 is 9.21 Å². The zero-order chi connectivity index (χ0) is 13.2. The maximum atomic E-state index is 12.1. The average molecular weight is 316 g/mol. The van der Waals surface area contributed by atoms with E-state index in [2.05, 4.69) is 21.2 Å². The van der Waals surface area contributed by atoms with Gasteiger partial charge in [-0.1, -0.05) is 40.2 Å². The minimum atomic E-state index is -0.255. The minimum Gasteiger partial charge on any atom is -0.451 e. The van der Waals surface area contributed by atoms with Crippen LogP contribution in [-0.2, 0) is 0 Å². The van der Waals surface area contributed by atoms with Gasteiger partial charge in [-0.05, 0) is 30.3 Å². The Morgan fingerprint density at radius 2 is 1.84 bits per heavy atom. The monoisotopic (exact) mass is 315 g/mol. The Hall–Kier alpha value is -2.07. The van der Waals surface area contributed by atoms with Crippen LogP contribution in [0.1, 0.15) is 10.6 Å². The second kappa shape index (κ2) is 4.90.